The Kier molecular flexibility index (Phi) is 6.52. The van der Waals surface area contributed by atoms with E-state index in [1.54, 1.807) is 0 Å². The molecule has 4 nitrogen and oxygen atoms in total. The third-order valence-corrected chi connectivity index (χ3v) is 10.5. The molecule has 0 aliphatic rings. The maximum atomic E-state index is 6.55. The zero-order chi connectivity index (χ0) is 34.9. The molecule has 0 N–H and O–H groups in total. The van der Waals surface area contributed by atoms with Crippen molar-refractivity contribution >= 4 is 65.0 Å². The Morgan fingerprint density at radius 3 is 1.49 bits per heavy atom. The highest BCUT2D eigenvalue weighted by molar-refractivity contribution is 6.18. The Balaban J connectivity index is 1.16. The van der Waals surface area contributed by atoms with E-state index in [0.29, 0.717) is 17.5 Å². The summed E-state index contributed by atoms with van der Waals surface area (Å²) in [6.07, 6.45) is 0. The molecule has 53 heavy (non-hydrogen) atoms. The zero-order valence-corrected chi connectivity index (χ0v) is 28.5. The quantitative estimate of drug-likeness (QED) is 0.174. The van der Waals surface area contributed by atoms with Crippen LogP contribution in [0.1, 0.15) is 0 Å². The first-order valence-electron chi connectivity index (χ1n) is 17.8. The van der Waals surface area contributed by atoms with Crippen molar-refractivity contribution in [3.05, 3.63) is 176 Å². The van der Waals surface area contributed by atoms with E-state index < -0.39 is 0 Å². The number of nitrogens with zero attached hydrogens (tertiary/aromatic N) is 3. The van der Waals surface area contributed by atoms with E-state index in [-0.39, 0.29) is 0 Å². The third kappa shape index (κ3) is 4.88. The van der Waals surface area contributed by atoms with Gasteiger partial charge in [-0.2, -0.15) is 0 Å². The maximum absolute atomic E-state index is 6.55. The van der Waals surface area contributed by atoms with Crippen molar-refractivity contribution in [2.24, 2.45) is 0 Å². The Morgan fingerprint density at radius 2 is 0.774 bits per heavy atom. The highest BCUT2D eigenvalue weighted by atomic mass is 16.3. The zero-order valence-electron chi connectivity index (χ0n) is 28.5. The number of fused-ring (bicyclic) bond motifs is 8. The van der Waals surface area contributed by atoms with E-state index in [2.05, 4.69) is 158 Å². The summed E-state index contributed by atoms with van der Waals surface area (Å²) in [5.74, 6) is 1.83. The minimum atomic E-state index is 0.596. The summed E-state index contributed by atoms with van der Waals surface area (Å²) in [6, 6.07) is 61.7. The summed E-state index contributed by atoms with van der Waals surface area (Å²) >= 11 is 0. The summed E-state index contributed by atoms with van der Waals surface area (Å²) in [5.41, 5.74) is 6.60. The summed E-state index contributed by atoms with van der Waals surface area (Å²) in [4.78, 5) is 15.6. The molecular formula is C49H29N3O. The monoisotopic (exact) mass is 675 g/mol. The number of aromatic nitrogens is 3. The van der Waals surface area contributed by atoms with Gasteiger partial charge < -0.3 is 4.42 Å². The Labute approximate surface area is 304 Å². The predicted octanol–water partition coefficient (Wildman–Crippen LogP) is 13.1. The average Bonchev–Trinajstić information content (AvgIpc) is 3.62. The Bertz CT molecular complexity index is 3250. The number of rotatable bonds is 4. The molecule has 0 aliphatic heterocycles. The van der Waals surface area contributed by atoms with Crippen LogP contribution >= 0.6 is 0 Å². The van der Waals surface area contributed by atoms with E-state index in [0.717, 1.165) is 60.5 Å². The second-order valence-electron chi connectivity index (χ2n) is 13.6. The lowest BCUT2D eigenvalue weighted by atomic mass is 9.95. The van der Waals surface area contributed by atoms with E-state index in [1.807, 2.05) is 18.2 Å². The van der Waals surface area contributed by atoms with Gasteiger partial charge in [0.05, 0.1) is 0 Å². The summed E-state index contributed by atoms with van der Waals surface area (Å²) in [5, 5.41) is 11.5. The number of hydrogen-bond donors (Lipinski definition) is 0. The van der Waals surface area contributed by atoms with Crippen molar-refractivity contribution in [2.75, 3.05) is 0 Å². The Morgan fingerprint density at radius 1 is 0.302 bits per heavy atom. The number of furan rings is 1. The van der Waals surface area contributed by atoms with Crippen molar-refractivity contribution in [1.29, 1.82) is 0 Å². The molecule has 4 heteroatoms. The van der Waals surface area contributed by atoms with Crippen molar-refractivity contribution in [2.45, 2.75) is 0 Å². The van der Waals surface area contributed by atoms with E-state index >= 15 is 0 Å². The van der Waals surface area contributed by atoms with E-state index in [9.17, 15) is 0 Å². The van der Waals surface area contributed by atoms with Gasteiger partial charge in [-0.3, -0.25) is 0 Å². The standard InChI is InChI=1S/C49H29N3O/c1-3-12-33-27-36(22-19-30(33)9-1)41-15-7-17-43-45(41)46-42(16-8-18-44(46)53-43)49-51-47(37-24-20-31-10-2-4-13-34(31)28-37)50-48(52-49)38-25-26-40-35(29-38)23-21-32-11-5-6-14-39(32)40/h1-29H. The van der Waals surface area contributed by atoms with Crippen molar-refractivity contribution in [3.8, 4) is 45.3 Å². The molecule has 0 amide bonds. The molecule has 0 unspecified atom stereocenters. The largest absolute Gasteiger partial charge is 0.456 e. The number of hydrogen-bond acceptors (Lipinski definition) is 4. The molecule has 246 valence electrons. The molecular weight excluding hydrogens is 647 g/mol. The molecule has 11 aromatic rings. The van der Waals surface area contributed by atoms with Crippen LogP contribution in [0.3, 0.4) is 0 Å². The smallest absolute Gasteiger partial charge is 0.164 e. The lowest BCUT2D eigenvalue weighted by Crippen LogP contribution is -2.00. The third-order valence-electron chi connectivity index (χ3n) is 10.5. The molecule has 0 bridgehead atoms. The van der Waals surface area contributed by atoms with Gasteiger partial charge in [-0.25, -0.2) is 15.0 Å². The molecule has 0 fully saturated rings. The van der Waals surface area contributed by atoms with Crippen LogP contribution in [0.15, 0.2) is 180 Å². The lowest BCUT2D eigenvalue weighted by Gasteiger charge is -2.11. The Hall–Kier alpha value is -7.17. The highest BCUT2D eigenvalue weighted by Gasteiger charge is 2.20. The van der Waals surface area contributed by atoms with Gasteiger partial charge in [-0.15, -0.1) is 0 Å². The predicted molar refractivity (Wildman–Crippen MR) is 219 cm³/mol. The fourth-order valence-electron chi connectivity index (χ4n) is 7.89. The van der Waals surface area contributed by atoms with Crippen LogP contribution in [0.4, 0.5) is 0 Å². The molecule has 0 spiro atoms. The van der Waals surface area contributed by atoms with Crippen LogP contribution in [-0.4, -0.2) is 15.0 Å². The van der Waals surface area contributed by atoms with Crippen LogP contribution in [-0.2, 0) is 0 Å². The average molecular weight is 676 g/mol. The molecule has 0 aliphatic carbocycles. The normalized spacial score (nSPS) is 11.8. The van der Waals surface area contributed by atoms with Crippen molar-refractivity contribution < 1.29 is 4.42 Å². The van der Waals surface area contributed by atoms with Crippen LogP contribution < -0.4 is 0 Å². The fourth-order valence-corrected chi connectivity index (χ4v) is 7.89. The van der Waals surface area contributed by atoms with Gasteiger partial charge in [0, 0.05) is 27.5 Å². The first kappa shape index (κ1) is 29.5. The van der Waals surface area contributed by atoms with Crippen LogP contribution in [0.25, 0.3) is 110 Å². The van der Waals surface area contributed by atoms with Gasteiger partial charge in [0.15, 0.2) is 17.5 Å². The molecule has 9 aromatic carbocycles. The van der Waals surface area contributed by atoms with Gasteiger partial charge >= 0.3 is 0 Å². The van der Waals surface area contributed by atoms with Gasteiger partial charge in [0.2, 0.25) is 0 Å². The number of benzene rings is 9. The first-order valence-corrected chi connectivity index (χ1v) is 17.8. The van der Waals surface area contributed by atoms with Gasteiger partial charge in [-0.05, 0) is 84.5 Å². The maximum Gasteiger partial charge on any atom is 0.164 e. The van der Waals surface area contributed by atoms with Crippen LogP contribution in [0.5, 0.6) is 0 Å². The molecule has 2 aromatic heterocycles. The first-order chi connectivity index (χ1) is 26.2. The molecule has 0 atom stereocenters. The lowest BCUT2D eigenvalue weighted by molar-refractivity contribution is 0.669. The fraction of sp³-hybridized carbons (Fsp3) is 0. The SMILES string of the molecule is c1ccc2cc(-c3nc(-c4ccc5c(ccc6ccccc65)c4)nc(-c4cccc5oc6cccc(-c7ccc8ccccc8c7)c6c45)n3)ccc2c1. The van der Waals surface area contributed by atoms with Gasteiger partial charge in [0.1, 0.15) is 11.2 Å². The summed E-state index contributed by atoms with van der Waals surface area (Å²) in [7, 11) is 0. The topological polar surface area (TPSA) is 51.8 Å². The van der Waals surface area contributed by atoms with Gasteiger partial charge in [-0.1, -0.05) is 146 Å². The van der Waals surface area contributed by atoms with Crippen molar-refractivity contribution in [1.82, 2.24) is 15.0 Å². The van der Waals surface area contributed by atoms with E-state index in [4.69, 9.17) is 19.4 Å². The van der Waals surface area contributed by atoms with Crippen molar-refractivity contribution in [3.63, 3.8) is 0 Å². The van der Waals surface area contributed by atoms with Crippen LogP contribution in [0, 0.1) is 0 Å². The second-order valence-corrected chi connectivity index (χ2v) is 13.6. The minimum absolute atomic E-state index is 0.596. The highest BCUT2D eigenvalue weighted by Crippen LogP contribution is 2.42. The minimum Gasteiger partial charge on any atom is -0.456 e. The van der Waals surface area contributed by atoms with Crippen LogP contribution in [0.2, 0.25) is 0 Å². The molecule has 0 saturated heterocycles. The van der Waals surface area contributed by atoms with E-state index in [1.165, 1.54) is 32.3 Å². The molecule has 0 radical (unpaired) electrons. The second kappa shape index (κ2) is 11.7. The molecule has 11 rings (SSSR count). The summed E-state index contributed by atoms with van der Waals surface area (Å²) < 4.78 is 6.55. The summed E-state index contributed by atoms with van der Waals surface area (Å²) in [6.45, 7) is 0. The molecule has 2 heterocycles. The van der Waals surface area contributed by atoms with Gasteiger partial charge in [0.25, 0.3) is 0 Å². The molecule has 0 saturated carbocycles.